The van der Waals surface area contributed by atoms with Crippen LogP contribution in [-0.4, -0.2) is 30.7 Å². The van der Waals surface area contributed by atoms with Gasteiger partial charge in [0.2, 0.25) is 0 Å². The van der Waals surface area contributed by atoms with Crippen LogP contribution >= 0.6 is 0 Å². The molecule has 1 aliphatic rings. The van der Waals surface area contributed by atoms with E-state index in [9.17, 15) is 4.79 Å². The van der Waals surface area contributed by atoms with Gasteiger partial charge in [-0.05, 0) is 30.0 Å². The van der Waals surface area contributed by atoms with Gasteiger partial charge >= 0.3 is 0 Å². The zero-order chi connectivity index (χ0) is 13.0. The zero-order valence-electron chi connectivity index (χ0n) is 10.9. The lowest BCUT2D eigenvalue weighted by Gasteiger charge is -2.14. The molecule has 1 amide bonds. The van der Waals surface area contributed by atoms with E-state index >= 15 is 0 Å². The van der Waals surface area contributed by atoms with E-state index in [0.717, 1.165) is 12.2 Å². The standard InChI is InChI=1S/C14H19NO3/c1-11(2)12-5-3-6-13(9-12)17-10-14(16)15-7-4-8-18-15/h3,5-6,9,11H,4,7-8,10H2,1-2H3. The van der Waals surface area contributed by atoms with Gasteiger partial charge in [0.15, 0.2) is 6.61 Å². The SMILES string of the molecule is CC(C)c1cccc(OCC(=O)N2CCCO2)c1. The van der Waals surface area contributed by atoms with Gasteiger partial charge in [-0.25, -0.2) is 5.06 Å². The number of hydrogen-bond donors (Lipinski definition) is 0. The summed E-state index contributed by atoms with van der Waals surface area (Å²) in [6, 6.07) is 7.84. The van der Waals surface area contributed by atoms with Crippen LogP contribution in [0.1, 0.15) is 31.7 Å². The minimum absolute atomic E-state index is 0.0293. The lowest BCUT2D eigenvalue weighted by Crippen LogP contribution is -2.31. The van der Waals surface area contributed by atoms with Crippen LogP contribution < -0.4 is 4.74 Å². The van der Waals surface area contributed by atoms with Crippen molar-refractivity contribution in [3.63, 3.8) is 0 Å². The number of rotatable bonds is 4. The predicted molar refractivity (Wildman–Crippen MR) is 68.3 cm³/mol. The fourth-order valence-electron chi connectivity index (χ4n) is 1.82. The lowest BCUT2D eigenvalue weighted by molar-refractivity contribution is -0.170. The molecule has 0 N–H and O–H groups in total. The van der Waals surface area contributed by atoms with Crippen LogP contribution in [0.3, 0.4) is 0 Å². The Balaban J connectivity index is 1.89. The summed E-state index contributed by atoms with van der Waals surface area (Å²) in [6.45, 7) is 5.56. The molecule has 1 saturated heterocycles. The van der Waals surface area contributed by atoms with Gasteiger partial charge in [-0.1, -0.05) is 26.0 Å². The summed E-state index contributed by atoms with van der Waals surface area (Å²) in [5.41, 5.74) is 1.21. The van der Waals surface area contributed by atoms with Crippen LogP contribution in [0.25, 0.3) is 0 Å². The van der Waals surface area contributed by atoms with Crippen molar-refractivity contribution in [2.24, 2.45) is 0 Å². The Morgan fingerprint density at radius 3 is 3.00 bits per heavy atom. The number of amides is 1. The first-order chi connectivity index (χ1) is 8.66. The van der Waals surface area contributed by atoms with Crippen molar-refractivity contribution in [1.82, 2.24) is 5.06 Å². The fourth-order valence-corrected chi connectivity index (χ4v) is 1.82. The van der Waals surface area contributed by atoms with Crippen molar-refractivity contribution in [3.05, 3.63) is 29.8 Å². The number of ether oxygens (including phenoxy) is 1. The molecule has 0 saturated carbocycles. The van der Waals surface area contributed by atoms with Gasteiger partial charge in [-0.2, -0.15) is 0 Å². The molecule has 18 heavy (non-hydrogen) atoms. The Bertz CT molecular complexity index is 411. The van der Waals surface area contributed by atoms with Crippen LogP contribution in [0, 0.1) is 0 Å². The average molecular weight is 249 g/mol. The van der Waals surface area contributed by atoms with Crippen molar-refractivity contribution in [2.45, 2.75) is 26.2 Å². The van der Waals surface area contributed by atoms with Crippen molar-refractivity contribution in [3.8, 4) is 5.75 Å². The molecule has 0 spiro atoms. The van der Waals surface area contributed by atoms with Crippen LogP contribution in [0.4, 0.5) is 0 Å². The van der Waals surface area contributed by atoms with Crippen molar-refractivity contribution >= 4 is 5.91 Å². The number of hydroxylamine groups is 2. The highest BCUT2D eigenvalue weighted by molar-refractivity contribution is 5.76. The van der Waals surface area contributed by atoms with Gasteiger partial charge in [0, 0.05) is 0 Å². The number of nitrogens with zero attached hydrogens (tertiary/aromatic N) is 1. The summed E-state index contributed by atoms with van der Waals surface area (Å²) in [5, 5.41) is 1.38. The Morgan fingerprint density at radius 2 is 2.33 bits per heavy atom. The Morgan fingerprint density at radius 1 is 1.50 bits per heavy atom. The first-order valence-corrected chi connectivity index (χ1v) is 6.33. The number of hydrogen-bond acceptors (Lipinski definition) is 3. The number of carbonyl (C=O) groups is 1. The molecule has 0 bridgehead atoms. The van der Waals surface area contributed by atoms with Gasteiger partial charge in [0.05, 0.1) is 13.2 Å². The second-order valence-electron chi connectivity index (χ2n) is 4.70. The highest BCUT2D eigenvalue weighted by atomic mass is 16.7. The van der Waals surface area contributed by atoms with E-state index < -0.39 is 0 Å². The van der Waals surface area contributed by atoms with Gasteiger partial charge in [-0.3, -0.25) is 9.63 Å². The van der Waals surface area contributed by atoms with E-state index in [1.165, 1.54) is 10.6 Å². The van der Waals surface area contributed by atoms with Gasteiger partial charge in [0.1, 0.15) is 5.75 Å². The smallest absolute Gasteiger partial charge is 0.283 e. The van der Waals surface area contributed by atoms with E-state index in [4.69, 9.17) is 9.57 Å². The first-order valence-electron chi connectivity index (χ1n) is 6.33. The molecule has 1 aliphatic heterocycles. The number of benzene rings is 1. The summed E-state index contributed by atoms with van der Waals surface area (Å²) < 4.78 is 5.50. The van der Waals surface area contributed by atoms with E-state index in [-0.39, 0.29) is 12.5 Å². The average Bonchev–Trinajstić information content (AvgIpc) is 2.90. The van der Waals surface area contributed by atoms with E-state index in [1.807, 2.05) is 18.2 Å². The van der Waals surface area contributed by atoms with Crippen LogP contribution in [0.2, 0.25) is 0 Å². The molecular weight excluding hydrogens is 230 g/mol. The quantitative estimate of drug-likeness (QED) is 0.822. The molecule has 2 rings (SSSR count). The van der Waals surface area contributed by atoms with Crippen LogP contribution in [0.5, 0.6) is 5.75 Å². The molecule has 0 radical (unpaired) electrons. The largest absolute Gasteiger partial charge is 0.484 e. The van der Waals surface area contributed by atoms with Crippen LogP contribution in [0.15, 0.2) is 24.3 Å². The van der Waals surface area contributed by atoms with Gasteiger partial charge < -0.3 is 4.74 Å². The predicted octanol–water partition coefficient (Wildman–Crippen LogP) is 2.35. The molecule has 4 heteroatoms. The van der Waals surface area contributed by atoms with E-state index in [0.29, 0.717) is 19.1 Å². The number of carbonyl (C=O) groups excluding carboxylic acids is 1. The van der Waals surface area contributed by atoms with Crippen molar-refractivity contribution < 1.29 is 14.4 Å². The van der Waals surface area contributed by atoms with E-state index in [2.05, 4.69) is 19.9 Å². The second-order valence-corrected chi connectivity index (χ2v) is 4.70. The van der Waals surface area contributed by atoms with Crippen LogP contribution in [-0.2, 0) is 9.63 Å². The molecule has 1 fully saturated rings. The molecule has 1 aromatic carbocycles. The molecule has 0 aromatic heterocycles. The maximum absolute atomic E-state index is 11.7. The molecule has 0 unspecified atom stereocenters. The molecular formula is C14H19NO3. The summed E-state index contributed by atoms with van der Waals surface area (Å²) in [6.07, 6.45) is 0.897. The van der Waals surface area contributed by atoms with Crippen molar-refractivity contribution in [2.75, 3.05) is 19.8 Å². The second kappa shape index (κ2) is 5.87. The highest BCUT2D eigenvalue weighted by Gasteiger charge is 2.19. The first kappa shape index (κ1) is 12.9. The molecule has 1 aromatic rings. The normalized spacial score (nSPS) is 15.2. The summed E-state index contributed by atoms with van der Waals surface area (Å²) in [5.74, 6) is 1.06. The third-order valence-corrected chi connectivity index (χ3v) is 2.92. The lowest BCUT2D eigenvalue weighted by atomic mass is 10.0. The zero-order valence-corrected chi connectivity index (χ0v) is 10.9. The summed E-state index contributed by atoms with van der Waals surface area (Å²) in [4.78, 5) is 16.9. The maximum Gasteiger partial charge on any atom is 0.283 e. The third kappa shape index (κ3) is 3.23. The minimum atomic E-state index is -0.123. The fraction of sp³-hybridized carbons (Fsp3) is 0.500. The molecule has 1 heterocycles. The Kier molecular flexibility index (Phi) is 4.20. The van der Waals surface area contributed by atoms with Gasteiger partial charge in [0.25, 0.3) is 5.91 Å². The maximum atomic E-state index is 11.7. The molecule has 98 valence electrons. The minimum Gasteiger partial charge on any atom is -0.484 e. The van der Waals surface area contributed by atoms with E-state index in [1.54, 1.807) is 0 Å². The monoisotopic (exact) mass is 249 g/mol. The summed E-state index contributed by atoms with van der Waals surface area (Å²) in [7, 11) is 0. The molecule has 4 nitrogen and oxygen atoms in total. The summed E-state index contributed by atoms with van der Waals surface area (Å²) >= 11 is 0. The third-order valence-electron chi connectivity index (χ3n) is 2.92. The highest BCUT2D eigenvalue weighted by Crippen LogP contribution is 2.20. The molecule has 0 aliphatic carbocycles. The Labute approximate surface area is 107 Å². The molecule has 0 atom stereocenters. The Hall–Kier alpha value is -1.55. The van der Waals surface area contributed by atoms with Crippen molar-refractivity contribution in [1.29, 1.82) is 0 Å². The van der Waals surface area contributed by atoms with Gasteiger partial charge in [-0.15, -0.1) is 0 Å². The topological polar surface area (TPSA) is 38.8 Å².